The van der Waals surface area contributed by atoms with Crippen molar-refractivity contribution in [3.8, 4) is 0 Å². The molecular formula is C13H22N2O. The molecule has 0 spiro atoms. The Balaban J connectivity index is 2.63. The number of nitrogens with two attached hydrogens (primary N) is 1. The Morgan fingerprint density at radius 3 is 2.38 bits per heavy atom. The summed E-state index contributed by atoms with van der Waals surface area (Å²) in [5, 5.41) is 9.28. The fourth-order valence-corrected chi connectivity index (χ4v) is 1.66. The van der Waals surface area contributed by atoms with Crippen molar-refractivity contribution in [2.75, 3.05) is 18.0 Å². The molecule has 0 aliphatic carbocycles. The Kier molecular flexibility index (Phi) is 5.29. The van der Waals surface area contributed by atoms with E-state index in [4.69, 9.17) is 5.73 Å². The van der Waals surface area contributed by atoms with Crippen LogP contribution in [0, 0.1) is 0 Å². The Labute approximate surface area is 97.9 Å². The maximum absolute atomic E-state index is 9.28. The first kappa shape index (κ1) is 13.0. The number of aliphatic hydroxyl groups excluding tert-OH is 1. The number of hydrogen-bond donors (Lipinski definition) is 2. The number of benzene rings is 1. The molecule has 0 saturated heterocycles. The first-order valence-electron chi connectivity index (χ1n) is 5.89. The highest BCUT2D eigenvalue weighted by Gasteiger charge is 2.05. The second-order valence-corrected chi connectivity index (χ2v) is 4.09. The highest BCUT2D eigenvalue weighted by Crippen LogP contribution is 2.15. The standard InChI is InChI=1S/C13H22N2O/c1-3-15(9-8-11(2)16)13-6-4-12(10-14)5-7-13/h4-7,11,16H,3,8-10,14H2,1-2H3. The van der Waals surface area contributed by atoms with E-state index in [1.807, 2.05) is 6.92 Å². The molecule has 0 radical (unpaired) electrons. The van der Waals surface area contributed by atoms with Gasteiger partial charge in [0.15, 0.2) is 0 Å². The molecule has 0 aliphatic heterocycles. The molecule has 90 valence electrons. The van der Waals surface area contributed by atoms with Gasteiger partial charge in [-0.05, 0) is 38.0 Å². The number of anilines is 1. The van der Waals surface area contributed by atoms with Gasteiger partial charge in [0.05, 0.1) is 6.10 Å². The summed E-state index contributed by atoms with van der Waals surface area (Å²) in [5.41, 5.74) is 7.90. The van der Waals surface area contributed by atoms with E-state index >= 15 is 0 Å². The second-order valence-electron chi connectivity index (χ2n) is 4.09. The van der Waals surface area contributed by atoms with Gasteiger partial charge in [-0.25, -0.2) is 0 Å². The average Bonchev–Trinajstić information content (AvgIpc) is 2.30. The smallest absolute Gasteiger partial charge is 0.0528 e. The van der Waals surface area contributed by atoms with Crippen molar-refractivity contribution in [2.24, 2.45) is 5.73 Å². The third kappa shape index (κ3) is 3.83. The van der Waals surface area contributed by atoms with Gasteiger partial charge in [-0.2, -0.15) is 0 Å². The minimum absolute atomic E-state index is 0.239. The Hall–Kier alpha value is -1.06. The summed E-state index contributed by atoms with van der Waals surface area (Å²) in [6.45, 7) is 6.37. The van der Waals surface area contributed by atoms with Gasteiger partial charge >= 0.3 is 0 Å². The topological polar surface area (TPSA) is 49.5 Å². The molecule has 3 N–H and O–H groups in total. The lowest BCUT2D eigenvalue weighted by atomic mass is 10.2. The molecule has 0 aromatic heterocycles. The number of nitrogens with zero attached hydrogens (tertiary/aromatic N) is 1. The van der Waals surface area contributed by atoms with Crippen LogP contribution in [0.25, 0.3) is 0 Å². The molecule has 0 aliphatic rings. The molecule has 3 heteroatoms. The van der Waals surface area contributed by atoms with Crippen LogP contribution < -0.4 is 10.6 Å². The third-order valence-corrected chi connectivity index (χ3v) is 2.74. The Morgan fingerprint density at radius 2 is 1.94 bits per heavy atom. The fourth-order valence-electron chi connectivity index (χ4n) is 1.66. The molecule has 1 aromatic rings. The van der Waals surface area contributed by atoms with Crippen LogP contribution in [0.15, 0.2) is 24.3 Å². The van der Waals surface area contributed by atoms with Crippen molar-refractivity contribution >= 4 is 5.69 Å². The summed E-state index contributed by atoms with van der Waals surface area (Å²) < 4.78 is 0. The minimum Gasteiger partial charge on any atom is -0.393 e. The van der Waals surface area contributed by atoms with Gasteiger partial charge in [0, 0.05) is 25.3 Å². The van der Waals surface area contributed by atoms with Crippen LogP contribution in [-0.4, -0.2) is 24.3 Å². The second kappa shape index (κ2) is 6.51. The Morgan fingerprint density at radius 1 is 1.31 bits per heavy atom. The van der Waals surface area contributed by atoms with Gasteiger partial charge in [-0.15, -0.1) is 0 Å². The van der Waals surface area contributed by atoms with Crippen molar-refractivity contribution in [1.29, 1.82) is 0 Å². The van der Waals surface area contributed by atoms with Crippen molar-refractivity contribution in [3.05, 3.63) is 29.8 Å². The summed E-state index contributed by atoms with van der Waals surface area (Å²) in [4.78, 5) is 2.26. The molecule has 0 bridgehead atoms. The van der Waals surface area contributed by atoms with Gasteiger partial charge in [0.1, 0.15) is 0 Å². The van der Waals surface area contributed by atoms with Gasteiger partial charge in [0.2, 0.25) is 0 Å². The fraction of sp³-hybridized carbons (Fsp3) is 0.538. The van der Waals surface area contributed by atoms with E-state index < -0.39 is 0 Å². The monoisotopic (exact) mass is 222 g/mol. The normalized spacial score (nSPS) is 12.5. The molecule has 0 heterocycles. The van der Waals surface area contributed by atoms with Gasteiger partial charge in [-0.1, -0.05) is 12.1 Å². The van der Waals surface area contributed by atoms with E-state index in [0.29, 0.717) is 6.54 Å². The summed E-state index contributed by atoms with van der Waals surface area (Å²) in [6, 6.07) is 8.29. The van der Waals surface area contributed by atoms with Crippen LogP contribution in [0.3, 0.4) is 0 Å². The summed E-state index contributed by atoms with van der Waals surface area (Å²) in [6.07, 6.45) is 0.560. The third-order valence-electron chi connectivity index (χ3n) is 2.74. The zero-order valence-electron chi connectivity index (χ0n) is 10.2. The van der Waals surface area contributed by atoms with E-state index in [1.165, 1.54) is 5.69 Å². The molecule has 16 heavy (non-hydrogen) atoms. The molecule has 0 fully saturated rings. The zero-order valence-corrected chi connectivity index (χ0v) is 10.2. The molecule has 1 unspecified atom stereocenters. The van der Waals surface area contributed by atoms with E-state index in [0.717, 1.165) is 25.1 Å². The van der Waals surface area contributed by atoms with Gasteiger partial charge in [-0.3, -0.25) is 0 Å². The predicted octanol–water partition coefficient (Wildman–Crippen LogP) is 1.74. The minimum atomic E-state index is -0.239. The van der Waals surface area contributed by atoms with Crippen LogP contribution in [0.4, 0.5) is 5.69 Å². The van der Waals surface area contributed by atoms with Crippen LogP contribution in [0.1, 0.15) is 25.8 Å². The highest BCUT2D eigenvalue weighted by molar-refractivity contribution is 5.47. The first-order chi connectivity index (χ1) is 7.67. The van der Waals surface area contributed by atoms with Crippen LogP contribution in [0.2, 0.25) is 0 Å². The zero-order chi connectivity index (χ0) is 12.0. The van der Waals surface area contributed by atoms with E-state index in [2.05, 4.69) is 36.1 Å². The first-order valence-corrected chi connectivity index (χ1v) is 5.89. The molecule has 1 aromatic carbocycles. The van der Waals surface area contributed by atoms with Gasteiger partial charge < -0.3 is 15.7 Å². The van der Waals surface area contributed by atoms with Crippen LogP contribution >= 0.6 is 0 Å². The van der Waals surface area contributed by atoms with Crippen LogP contribution in [-0.2, 0) is 6.54 Å². The molecule has 0 amide bonds. The predicted molar refractivity (Wildman–Crippen MR) is 68.5 cm³/mol. The molecule has 0 saturated carbocycles. The lowest BCUT2D eigenvalue weighted by Crippen LogP contribution is -2.26. The lowest BCUT2D eigenvalue weighted by molar-refractivity contribution is 0.186. The van der Waals surface area contributed by atoms with Crippen molar-refractivity contribution in [3.63, 3.8) is 0 Å². The largest absolute Gasteiger partial charge is 0.393 e. The van der Waals surface area contributed by atoms with Gasteiger partial charge in [0.25, 0.3) is 0 Å². The number of rotatable bonds is 6. The van der Waals surface area contributed by atoms with Crippen molar-refractivity contribution in [1.82, 2.24) is 0 Å². The highest BCUT2D eigenvalue weighted by atomic mass is 16.3. The van der Waals surface area contributed by atoms with E-state index in [-0.39, 0.29) is 6.10 Å². The average molecular weight is 222 g/mol. The van der Waals surface area contributed by atoms with E-state index in [1.54, 1.807) is 0 Å². The SMILES string of the molecule is CCN(CCC(C)O)c1ccc(CN)cc1. The maximum atomic E-state index is 9.28. The molecule has 1 rings (SSSR count). The van der Waals surface area contributed by atoms with E-state index in [9.17, 15) is 5.11 Å². The summed E-state index contributed by atoms with van der Waals surface area (Å²) in [7, 11) is 0. The maximum Gasteiger partial charge on any atom is 0.0528 e. The lowest BCUT2D eigenvalue weighted by Gasteiger charge is -2.24. The number of hydrogen-bond acceptors (Lipinski definition) is 3. The molecule has 3 nitrogen and oxygen atoms in total. The molecular weight excluding hydrogens is 200 g/mol. The van der Waals surface area contributed by atoms with Crippen molar-refractivity contribution in [2.45, 2.75) is 32.9 Å². The Bertz CT molecular complexity index is 295. The van der Waals surface area contributed by atoms with Crippen molar-refractivity contribution < 1.29 is 5.11 Å². The summed E-state index contributed by atoms with van der Waals surface area (Å²) >= 11 is 0. The molecule has 1 atom stereocenters. The number of aliphatic hydroxyl groups is 1. The van der Waals surface area contributed by atoms with Crippen LogP contribution in [0.5, 0.6) is 0 Å². The quantitative estimate of drug-likeness (QED) is 0.771. The summed E-state index contributed by atoms with van der Waals surface area (Å²) in [5.74, 6) is 0.